The largest absolute Gasteiger partial charge is 0.466 e. The Kier molecular flexibility index (Phi) is 27.8. The smallest absolute Gasteiger partial charge is 0.338 e. The molecule has 0 spiro atoms. The van der Waals surface area contributed by atoms with Crippen LogP contribution >= 0.6 is 0 Å². The predicted octanol–water partition coefficient (Wildman–Crippen LogP) is 10.3. The molecule has 0 aromatic heterocycles. The van der Waals surface area contributed by atoms with Crippen molar-refractivity contribution in [3.63, 3.8) is 0 Å². The Hall–Kier alpha value is -5.56. The molecule has 3 fully saturated rings. The quantitative estimate of drug-likeness (QED) is 0.0377. The average Bonchev–Trinajstić information content (AvgIpc) is 4.13. The van der Waals surface area contributed by atoms with Gasteiger partial charge in [-0.15, -0.1) is 0 Å². The number of unbranched alkanes of at least 4 members (excludes halogenated alkanes) is 4. The molecule has 6 rings (SSSR count). The number of ether oxygens (including phenoxy) is 11. The number of ketones is 1. The molecule has 17 heteroatoms. The summed E-state index contributed by atoms with van der Waals surface area (Å²) in [5.41, 5.74) is 1.51. The number of hydrogen-bond donors (Lipinski definition) is 0. The molecule has 3 aliphatic rings. The minimum absolute atomic E-state index is 0.0994. The van der Waals surface area contributed by atoms with Gasteiger partial charge in [-0.2, -0.15) is 0 Å². The van der Waals surface area contributed by atoms with Gasteiger partial charge in [-0.3, -0.25) is 9.59 Å². The summed E-state index contributed by atoms with van der Waals surface area (Å²) >= 11 is 0. The maximum Gasteiger partial charge on any atom is 0.338 e. The topological polar surface area (TPSA) is 204 Å². The van der Waals surface area contributed by atoms with Gasteiger partial charge < -0.3 is 56.9 Å². The minimum atomic E-state index is -0.861. The van der Waals surface area contributed by atoms with Gasteiger partial charge in [0.15, 0.2) is 17.4 Å². The van der Waals surface area contributed by atoms with Crippen LogP contribution in [0.25, 0.3) is 0 Å². The van der Waals surface area contributed by atoms with Crippen LogP contribution in [-0.2, 0) is 66.5 Å². The molecule has 0 saturated carbocycles. The Labute approximate surface area is 449 Å². The van der Waals surface area contributed by atoms with E-state index in [-0.39, 0.29) is 80.6 Å². The zero-order valence-corrected chi connectivity index (χ0v) is 45.8. The Morgan fingerprint density at radius 2 is 0.829 bits per heavy atom. The second kappa shape index (κ2) is 33.6. The van der Waals surface area contributed by atoms with E-state index < -0.39 is 23.3 Å². The third-order valence-electron chi connectivity index (χ3n) is 12.4. The summed E-state index contributed by atoms with van der Waals surface area (Å²) in [5, 5.41) is 0. The Morgan fingerprint density at radius 3 is 1.17 bits per heavy atom. The highest BCUT2D eigenvalue weighted by Gasteiger charge is 2.40. The lowest BCUT2D eigenvalue weighted by atomic mass is 10.0. The van der Waals surface area contributed by atoms with Crippen molar-refractivity contribution in [2.75, 3.05) is 52.9 Å². The lowest BCUT2D eigenvalue weighted by molar-refractivity contribution is -0.170. The summed E-state index contributed by atoms with van der Waals surface area (Å²) in [5.74, 6) is -3.27. The zero-order chi connectivity index (χ0) is 55.2. The van der Waals surface area contributed by atoms with E-state index in [1.807, 2.05) is 25.1 Å². The summed E-state index contributed by atoms with van der Waals surface area (Å²) in [6.45, 7) is 15.7. The average molecular weight is 1060 g/mol. The minimum Gasteiger partial charge on any atom is -0.466 e. The van der Waals surface area contributed by atoms with Crippen LogP contribution in [0.4, 0.5) is 0 Å². The lowest BCUT2D eigenvalue weighted by Gasteiger charge is -2.22. The van der Waals surface area contributed by atoms with Gasteiger partial charge in [0, 0.05) is 25.7 Å². The van der Waals surface area contributed by atoms with Crippen molar-refractivity contribution >= 4 is 35.6 Å². The van der Waals surface area contributed by atoms with Crippen LogP contribution in [0.15, 0.2) is 91.0 Å². The molecule has 3 heterocycles. The van der Waals surface area contributed by atoms with Crippen LogP contribution in [0.1, 0.15) is 163 Å². The van der Waals surface area contributed by atoms with Gasteiger partial charge in [0.25, 0.3) is 0 Å². The van der Waals surface area contributed by atoms with Crippen LogP contribution in [0.5, 0.6) is 0 Å². The number of hydrogen-bond acceptors (Lipinski definition) is 17. The third-order valence-corrected chi connectivity index (χ3v) is 12.4. The maximum atomic E-state index is 12.0. The van der Waals surface area contributed by atoms with Crippen molar-refractivity contribution in [2.24, 2.45) is 5.92 Å². The normalized spacial score (nSPS) is 22.6. The van der Waals surface area contributed by atoms with Crippen LogP contribution in [0.3, 0.4) is 0 Å². The van der Waals surface area contributed by atoms with Crippen LogP contribution in [-0.4, -0.2) is 124 Å². The van der Waals surface area contributed by atoms with Crippen molar-refractivity contribution < 1.29 is 80.9 Å². The Balaban J connectivity index is 0.000000250. The summed E-state index contributed by atoms with van der Waals surface area (Å²) in [6, 6.07) is 26.4. The highest BCUT2D eigenvalue weighted by atomic mass is 16.8. The molecule has 3 aromatic carbocycles. The SMILES string of the molecule is CC(=O)CCC1(C)OCC(COC(=O)c2ccccc2)O1.CC(C)CCCCCCOC(=O)CCC1(C)OCC(COC(=O)c2ccccc2)O1.CCCCOC(=O)CCC1(C)OCC(COC(=O)c2ccccc2)O1. The van der Waals surface area contributed by atoms with Crippen LogP contribution < -0.4 is 0 Å². The molecule has 0 radical (unpaired) electrons. The van der Waals surface area contributed by atoms with Gasteiger partial charge in [-0.25, -0.2) is 14.4 Å². The molecule has 0 bridgehead atoms. The molecule has 6 unspecified atom stereocenters. The Bertz CT molecular complexity index is 2190. The molecule has 420 valence electrons. The molecule has 0 N–H and O–H groups in total. The van der Waals surface area contributed by atoms with Crippen molar-refractivity contribution in [2.45, 2.75) is 168 Å². The molecule has 0 aliphatic carbocycles. The maximum absolute atomic E-state index is 12.0. The first-order valence-electron chi connectivity index (χ1n) is 26.8. The molecular formula is C59H82O17. The van der Waals surface area contributed by atoms with Gasteiger partial charge in [0.05, 0.1) is 62.6 Å². The number of carbonyl (C=O) groups excluding carboxylic acids is 6. The van der Waals surface area contributed by atoms with Gasteiger partial charge in [-0.05, 0) is 82.9 Å². The summed E-state index contributed by atoms with van der Waals surface area (Å²) in [7, 11) is 0. The van der Waals surface area contributed by atoms with Gasteiger partial charge >= 0.3 is 29.8 Å². The van der Waals surface area contributed by atoms with Gasteiger partial charge in [-0.1, -0.05) is 107 Å². The number of benzene rings is 3. The van der Waals surface area contributed by atoms with Crippen molar-refractivity contribution in [3.05, 3.63) is 108 Å². The second-order valence-corrected chi connectivity index (χ2v) is 20.0. The van der Waals surface area contributed by atoms with E-state index in [1.165, 1.54) is 26.2 Å². The monoisotopic (exact) mass is 1060 g/mol. The molecule has 3 aliphatic heterocycles. The van der Waals surface area contributed by atoms with Gasteiger partial charge in [0.2, 0.25) is 0 Å². The van der Waals surface area contributed by atoms with E-state index in [9.17, 15) is 28.8 Å². The molecule has 0 amide bonds. The van der Waals surface area contributed by atoms with E-state index >= 15 is 0 Å². The predicted molar refractivity (Wildman–Crippen MR) is 281 cm³/mol. The first-order chi connectivity index (χ1) is 36.4. The summed E-state index contributed by atoms with van der Waals surface area (Å²) in [4.78, 5) is 70.4. The highest BCUT2D eigenvalue weighted by Crippen LogP contribution is 2.31. The molecule has 76 heavy (non-hydrogen) atoms. The van der Waals surface area contributed by atoms with Gasteiger partial charge in [0.1, 0.15) is 43.9 Å². The zero-order valence-electron chi connectivity index (χ0n) is 45.8. The number of esters is 5. The van der Waals surface area contributed by atoms with E-state index in [4.69, 9.17) is 52.1 Å². The number of carbonyl (C=O) groups is 6. The summed E-state index contributed by atoms with van der Waals surface area (Å²) in [6.07, 6.45) is 8.74. The van der Waals surface area contributed by atoms with E-state index in [0.717, 1.165) is 31.6 Å². The van der Waals surface area contributed by atoms with E-state index in [2.05, 4.69) is 13.8 Å². The first kappa shape index (κ1) is 63.0. The van der Waals surface area contributed by atoms with Crippen molar-refractivity contribution in [1.29, 1.82) is 0 Å². The highest BCUT2D eigenvalue weighted by molar-refractivity contribution is 5.90. The molecular weight excluding hydrogens is 981 g/mol. The third kappa shape index (κ3) is 25.1. The van der Waals surface area contributed by atoms with Crippen molar-refractivity contribution in [1.82, 2.24) is 0 Å². The summed E-state index contributed by atoms with van der Waals surface area (Å²) < 4.78 is 60.6. The fourth-order valence-corrected chi connectivity index (χ4v) is 7.92. The van der Waals surface area contributed by atoms with Crippen molar-refractivity contribution in [3.8, 4) is 0 Å². The standard InChI is InChI=1S/C24H36O6.C19H26O6.C16H20O5/c1-19(2)11-7-4-5-10-16-27-22(25)14-15-24(3)29-18-21(30-24)17-28-23(26)20-12-8-6-9-13-20;1-3-4-12-22-17(20)10-11-19(2)24-14-16(25-19)13-23-18(21)15-8-6-5-7-9-15;1-12(17)8-9-16(2)20-11-14(21-16)10-19-15(18)13-6-4-3-5-7-13/h6,8-9,12-13,19,21H,4-5,7,10-11,14-18H2,1-3H3;5-9,16H,3-4,10-14H2,1-2H3;3-7,14H,8-11H2,1-2H3. The lowest BCUT2D eigenvalue weighted by Crippen LogP contribution is -2.29. The molecule has 3 saturated heterocycles. The first-order valence-corrected chi connectivity index (χ1v) is 26.8. The fraction of sp³-hybridized carbons (Fsp3) is 0.593. The van der Waals surface area contributed by atoms with E-state index in [1.54, 1.807) is 93.6 Å². The van der Waals surface area contributed by atoms with Crippen LogP contribution in [0.2, 0.25) is 0 Å². The van der Waals surface area contributed by atoms with Crippen LogP contribution in [0, 0.1) is 5.92 Å². The molecule has 6 atom stereocenters. The molecule has 17 nitrogen and oxygen atoms in total. The fourth-order valence-electron chi connectivity index (χ4n) is 7.92. The van der Waals surface area contributed by atoms with E-state index in [0.29, 0.717) is 75.4 Å². The Morgan fingerprint density at radius 1 is 0.487 bits per heavy atom. The molecule has 3 aromatic rings. The second-order valence-electron chi connectivity index (χ2n) is 20.0. The number of rotatable bonds is 28. The number of Topliss-reactive ketones (excluding diaryl/α,β-unsaturated/α-hetero) is 1.